The Morgan fingerprint density at radius 3 is 2.47 bits per heavy atom. The molecule has 0 aromatic rings. The summed E-state index contributed by atoms with van der Waals surface area (Å²) in [5.74, 6) is 0.649. The van der Waals surface area contributed by atoms with Gasteiger partial charge in [-0.15, -0.1) is 0 Å². The van der Waals surface area contributed by atoms with Crippen LogP contribution >= 0.6 is 0 Å². The number of carbonyl (C=O) groups is 1. The number of nitrogens with one attached hydrogen (secondary N) is 1. The monoisotopic (exact) mass is 213 g/mol. The molecule has 1 saturated heterocycles. The Labute approximate surface area is 92.6 Å². The van der Waals surface area contributed by atoms with Gasteiger partial charge in [-0.05, 0) is 33.6 Å². The maximum atomic E-state index is 11.8. The van der Waals surface area contributed by atoms with Crippen LogP contribution < -0.4 is 5.32 Å². The summed E-state index contributed by atoms with van der Waals surface area (Å²) in [6.07, 6.45) is 2.48. The fraction of sp³-hybridized carbons (Fsp3) is 0.917. The van der Waals surface area contributed by atoms with Crippen molar-refractivity contribution in [2.45, 2.75) is 45.6 Å². The smallest absolute Gasteiger partial charge is 0.137 e. The molecular formula is C12H23NO2. The fourth-order valence-electron chi connectivity index (χ4n) is 1.78. The van der Waals surface area contributed by atoms with Gasteiger partial charge in [0.2, 0.25) is 0 Å². The highest BCUT2D eigenvalue weighted by Crippen LogP contribution is 2.16. The normalized spacial score (nSPS) is 19.1. The first-order chi connectivity index (χ1) is 6.99. The standard InChI is InChI=1S/C12H23NO2/c1-12(2,3)13-7-4-11(14)10-5-8-15-9-6-10/h10,13H,4-9H2,1-3H3. The lowest BCUT2D eigenvalue weighted by Gasteiger charge is -2.23. The van der Waals surface area contributed by atoms with Crippen LogP contribution in [0.4, 0.5) is 0 Å². The predicted octanol–water partition coefficient (Wildman–Crippen LogP) is 1.76. The number of ether oxygens (including phenoxy) is 1. The van der Waals surface area contributed by atoms with E-state index < -0.39 is 0 Å². The van der Waals surface area contributed by atoms with Crippen LogP contribution in [0.2, 0.25) is 0 Å². The van der Waals surface area contributed by atoms with E-state index in [1.807, 2.05) is 0 Å². The molecule has 0 aromatic heterocycles. The van der Waals surface area contributed by atoms with Gasteiger partial charge < -0.3 is 10.1 Å². The third kappa shape index (κ3) is 5.28. The zero-order chi connectivity index (χ0) is 11.3. The number of Topliss-reactive ketones (excluding diaryl/α,β-unsaturated/α-hetero) is 1. The third-order valence-electron chi connectivity index (χ3n) is 2.70. The van der Waals surface area contributed by atoms with Crippen LogP contribution in [0.1, 0.15) is 40.0 Å². The van der Waals surface area contributed by atoms with Crippen molar-refractivity contribution in [1.29, 1.82) is 0 Å². The SMILES string of the molecule is CC(C)(C)NCCC(=O)C1CCOCC1. The molecule has 1 aliphatic rings. The quantitative estimate of drug-likeness (QED) is 0.773. The molecule has 0 spiro atoms. The van der Waals surface area contributed by atoms with E-state index in [0.717, 1.165) is 32.6 Å². The topological polar surface area (TPSA) is 38.3 Å². The van der Waals surface area contributed by atoms with Gasteiger partial charge in [-0.2, -0.15) is 0 Å². The molecule has 88 valence electrons. The van der Waals surface area contributed by atoms with E-state index in [-0.39, 0.29) is 11.5 Å². The highest BCUT2D eigenvalue weighted by atomic mass is 16.5. The highest BCUT2D eigenvalue weighted by Gasteiger charge is 2.21. The molecule has 15 heavy (non-hydrogen) atoms. The molecule has 0 saturated carbocycles. The van der Waals surface area contributed by atoms with Gasteiger partial charge in [0.05, 0.1) is 0 Å². The van der Waals surface area contributed by atoms with Gasteiger partial charge in [0.25, 0.3) is 0 Å². The van der Waals surface area contributed by atoms with Crippen LogP contribution in [0, 0.1) is 5.92 Å². The van der Waals surface area contributed by atoms with Crippen molar-refractivity contribution < 1.29 is 9.53 Å². The van der Waals surface area contributed by atoms with Gasteiger partial charge in [0, 0.05) is 37.6 Å². The first kappa shape index (κ1) is 12.7. The molecule has 0 bridgehead atoms. The molecule has 1 fully saturated rings. The van der Waals surface area contributed by atoms with E-state index in [9.17, 15) is 4.79 Å². The minimum Gasteiger partial charge on any atom is -0.381 e. The largest absolute Gasteiger partial charge is 0.381 e. The van der Waals surface area contributed by atoms with Crippen molar-refractivity contribution in [1.82, 2.24) is 5.32 Å². The Balaban J connectivity index is 2.17. The summed E-state index contributed by atoms with van der Waals surface area (Å²) in [7, 11) is 0. The van der Waals surface area contributed by atoms with E-state index in [0.29, 0.717) is 12.2 Å². The summed E-state index contributed by atoms with van der Waals surface area (Å²) >= 11 is 0. The molecule has 0 radical (unpaired) electrons. The summed E-state index contributed by atoms with van der Waals surface area (Å²) in [6.45, 7) is 8.65. The lowest BCUT2D eigenvalue weighted by Crippen LogP contribution is -2.38. The van der Waals surface area contributed by atoms with Crippen LogP contribution in [0.5, 0.6) is 0 Å². The molecule has 0 aromatic carbocycles. The average Bonchev–Trinajstić information content (AvgIpc) is 2.17. The molecule has 0 atom stereocenters. The molecule has 1 aliphatic heterocycles. The van der Waals surface area contributed by atoms with Crippen molar-refractivity contribution in [2.24, 2.45) is 5.92 Å². The lowest BCUT2D eigenvalue weighted by atomic mass is 9.93. The molecule has 0 amide bonds. The molecule has 1 rings (SSSR count). The van der Waals surface area contributed by atoms with Crippen LogP contribution in [0.25, 0.3) is 0 Å². The minimum atomic E-state index is 0.107. The van der Waals surface area contributed by atoms with Crippen molar-refractivity contribution >= 4 is 5.78 Å². The Kier molecular flexibility index (Phi) is 4.74. The summed E-state index contributed by atoms with van der Waals surface area (Å²) in [4.78, 5) is 11.8. The lowest BCUT2D eigenvalue weighted by molar-refractivity contribution is -0.125. The van der Waals surface area contributed by atoms with Crippen molar-refractivity contribution in [3.05, 3.63) is 0 Å². The van der Waals surface area contributed by atoms with E-state index in [1.165, 1.54) is 0 Å². The molecule has 1 N–H and O–H groups in total. The van der Waals surface area contributed by atoms with Crippen molar-refractivity contribution in [2.75, 3.05) is 19.8 Å². The van der Waals surface area contributed by atoms with E-state index in [4.69, 9.17) is 4.74 Å². The fourth-order valence-corrected chi connectivity index (χ4v) is 1.78. The number of rotatable bonds is 4. The maximum absolute atomic E-state index is 11.8. The summed E-state index contributed by atoms with van der Waals surface area (Å²) in [5, 5.41) is 3.34. The Morgan fingerprint density at radius 1 is 1.33 bits per heavy atom. The molecular weight excluding hydrogens is 190 g/mol. The van der Waals surface area contributed by atoms with Crippen LogP contribution in [-0.4, -0.2) is 31.1 Å². The van der Waals surface area contributed by atoms with Crippen LogP contribution in [0.15, 0.2) is 0 Å². The number of hydrogen-bond donors (Lipinski definition) is 1. The van der Waals surface area contributed by atoms with Gasteiger partial charge in [-0.1, -0.05) is 0 Å². The van der Waals surface area contributed by atoms with Gasteiger partial charge >= 0.3 is 0 Å². The van der Waals surface area contributed by atoms with Gasteiger partial charge in [0.1, 0.15) is 5.78 Å². The minimum absolute atomic E-state index is 0.107. The zero-order valence-electron chi connectivity index (χ0n) is 10.1. The Bertz CT molecular complexity index is 202. The first-order valence-electron chi connectivity index (χ1n) is 5.84. The first-order valence-corrected chi connectivity index (χ1v) is 5.84. The van der Waals surface area contributed by atoms with Gasteiger partial charge in [0.15, 0.2) is 0 Å². The van der Waals surface area contributed by atoms with E-state index in [2.05, 4.69) is 26.1 Å². The van der Waals surface area contributed by atoms with Crippen LogP contribution in [-0.2, 0) is 9.53 Å². The number of hydrogen-bond acceptors (Lipinski definition) is 3. The number of carbonyl (C=O) groups excluding carboxylic acids is 1. The van der Waals surface area contributed by atoms with Gasteiger partial charge in [-0.3, -0.25) is 4.79 Å². The maximum Gasteiger partial charge on any atom is 0.137 e. The summed E-state index contributed by atoms with van der Waals surface area (Å²) in [6, 6.07) is 0. The second-order valence-electron chi connectivity index (χ2n) is 5.28. The predicted molar refractivity (Wildman–Crippen MR) is 60.9 cm³/mol. The Morgan fingerprint density at radius 2 is 1.93 bits per heavy atom. The summed E-state index contributed by atoms with van der Waals surface area (Å²) in [5.41, 5.74) is 0.107. The molecule has 0 unspecified atom stereocenters. The summed E-state index contributed by atoms with van der Waals surface area (Å²) < 4.78 is 5.24. The van der Waals surface area contributed by atoms with Gasteiger partial charge in [-0.25, -0.2) is 0 Å². The second-order valence-corrected chi connectivity index (χ2v) is 5.28. The molecule has 0 aliphatic carbocycles. The zero-order valence-corrected chi connectivity index (χ0v) is 10.1. The van der Waals surface area contributed by atoms with Crippen molar-refractivity contribution in [3.8, 4) is 0 Å². The third-order valence-corrected chi connectivity index (χ3v) is 2.70. The highest BCUT2D eigenvalue weighted by molar-refractivity contribution is 5.81. The molecule has 1 heterocycles. The number of ketones is 1. The molecule has 3 heteroatoms. The van der Waals surface area contributed by atoms with E-state index >= 15 is 0 Å². The molecule has 3 nitrogen and oxygen atoms in total. The van der Waals surface area contributed by atoms with E-state index in [1.54, 1.807) is 0 Å². The Hall–Kier alpha value is -0.410. The second kappa shape index (κ2) is 5.61. The van der Waals surface area contributed by atoms with Crippen LogP contribution in [0.3, 0.4) is 0 Å². The average molecular weight is 213 g/mol. The van der Waals surface area contributed by atoms with Crippen molar-refractivity contribution in [3.63, 3.8) is 0 Å².